The molecule has 1 aromatic rings. The van der Waals surface area contributed by atoms with Gasteiger partial charge in [0, 0.05) is 6.21 Å². The Balaban J connectivity index is 3.00. The largest absolute Gasteiger partial charge is 0.463 e. The second kappa shape index (κ2) is 4.45. The summed E-state index contributed by atoms with van der Waals surface area (Å²) in [5.74, 6) is 0.765. The van der Waals surface area contributed by atoms with Crippen molar-refractivity contribution in [3.8, 4) is 0 Å². The lowest BCUT2D eigenvalue weighted by Gasteiger charge is -1.96. The van der Waals surface area contributed by atoms with Crippen LogP contribution in [0.2, 0.25) is 0 Å². The minimum Gasteiger partial charge on any atom is -0.463 e. The van der Waals surface area contributed by atoms with Crippen LogP contribution in [0.4, 0.5) is 0 Å². The van der Waals surface area contributed by atoms with Gasteiger partial charge in [-0.25, -0.2) is 0 Å². The molecule has 0 amide bonds. The van der Waals surface area contributed by atoms with Gasteiger partial charge in [0.15, 0.2) is 5.76 Å². The molecule has 0 unspecified atom stereocenters. The Morgan fingerprint density at radius 2 is 2.38 bits per heavy atom. The van der Waals surface area contributed by atoms with E-state index in [1.807, 2.05) is 32.1 Å². The topological polar surface area (TPSA) is 25.5 Å². The smallest absolute Gasteiger partial charge is 0.152 e. The van der Waals surface area contributed by atoms with Crippen LogP contribution in [0.5, 0.6) is 0 Å². The molecule has 1 heterocycles. The average molecular weight is 175 g/mol. The van der Waals surface area contributed by atoms with Crippen molar-refractivity contribution in [3.05, 3.63) is 42.4 Å². The predicted molar refractivity (Wildman–Crippen MR) is 55.7 cm³/mol. The van der Waals surface area contributed by atoms with E-state index in [4.69, 9.17) is 4.42 Å². The Hall–Kier alpha value is -1.57. The molecule has 0 fully saturated rings. The molecule has 0 aliphatic carbocycles. The van der Waals surface area contributed by atoms with Gasteiger partial charge in [-0.3, -0.25) is 4.99 Å². The summed E-state index contributed by atoms with van der Waals surface area (Å²) in [5, 5.41) is 0. The molecule has 0 saturated carbocycles. The predicted octanol–water partition coefficient (Wildman–Crippen LogP) is 3.29. The van der Waals surface area contributed by atoms with Gasteiger partial charge in [-0.15, -0.1) is 0 Å². The highest BCUT2D eigenvalue weighted by Gasteiger charge is 2.00. The maximum atomic E-state index is 5.23. The van der Waals surface area contributed by atoms with E-state index in [1.165, 1.54) is 0 Å². The highest BCUT2D eigenvalue weighted by molar-refractivity contribution is 5.71. The Morgan fingerprint density at radius 1 is 1.62 bits per heavy atom. The first kappa shape index (κ1) is 9.52. The molecule has 2 nitrogen and oxygen atoms in total. The lowest BCUT2D eigenvalue weighted by molar-refractivity contribution is 0.552. The van der Waals surface area contributed by atoms with E-state index in [0.717, 1.165) is 17.0 Å². The van der Waals surface area contributed by atoms with Gasteiger partial charge in [0.25, 0.3) is 0 Å². The second-order valence-electron chi connectivity index (χ2n) is 2.74. The van der Waals surface area contributed by atoms with Crippen LogP contribution in [0.3, 0.4) is 0 Å². The van der Waals surface area contributed by atoms with Crippen molar-refractivity contribution in [1.29, 1.82) is 0 Å². The summed E-state index contributed by atoms with van der Waals surface area (Å²) in [6.45, 7) is 7.59. The molecule has 1 aromatic heterocycles. The van der Waals surface area contributed by atoms with E-state index >= 15 is 0 Å². The van der Waals surface area contributed by atoms with E-state index in [2.05, 4.69) is 11.6 Å². The van der Waals surface area contributed by atoms with Gasteiger partial charge in [0.1, 0.15) is 5.70 Å². The van der Waals surface area contributed by atoms with Crippen LogP contribution < -0.4 is 0 Å². The zero-order chi connectivity index (χ0) is 9.68. The third kappa shape index (κ3) is 2.75. The highest BCUT2D eigenvalue weighted by Crippen LogP contribution is 2.17. The first-order valence-electron chi connectivity index (χ1n) is 4.14. The van der Waals surface area contributed by atoms with E-state index < -0.39 is 0 Å². The Morgan fingerprint density at radius 3 is 2.85 bits per heavy atom. The summed E-state index contributed by atoms with van der Waals surface area (Å²) in [5.41, 5.74) is 1.76. The molecule has 0 radical (unpaired) electrons. The fourth-order valence-corrected chi connectivity index (χ4v) is 0.969. The number of furan rings is 1. The first-order valence-corrected chi connectivity index (χ1v) is 4.14. The summed E-state index contributed by atoms with van der Waals surface area (Å²) in [7, 11) is 0. The van der Waals surface area contributed by atoms with Crippen molar-refractivity contribution < 1.29 is 4.42 Å². The van der Waals surface area contributed by atoms with E-state index in [1.54, 1.807) is 12.5 Å². The summed E-state index contributed by atoms with van der Waals surface area (Å²) in [4.78, 5) is 4.19. The Bertz CT molecular complexity index is 331. The molecule has 2 heteroatoms. The van der Waals surface area contributed by atoms with E-state index in [0.29, 0.717) is 0 Å². The van der Waals surface area contributed by atoms with Crippen LogP contribution in [0.15, 0.2) is 46.0 Å². The summed E-state index contributed by atoms with van der Waals surface area (Å²) in [6.07, 6.45) is 5.25. The molecule has 0 saturated heterocycles. The number of nitrogens with zero attached hydrogens (tertiary/aromatic N) is 1. The van der Waals surface area contributed by atoms with E-state index in [-0.39, 0.29) is 0 Å². The summed E-state index contributed by atoms with van der Waals surface area (Å²) < 4.78 is 5.23. The SMILES string of the molecule is C=C(C)/C=C(\N=CC)c1ccco1. The number of hydrogen-bond acceptors (Lipinski definition) is 2. The van der Waals surface area contributed by atoms with Crippen molar-refractivity contribution in [1.82, 2.24) is 0 Å². The molecule has 0 aliphatic heterocycles. The number of aliphatic imine (C=N–C) groups is 1. The summed E-state index contributed by atoms with van der Waals surface area (Å²) in [6, 6.07) is 3.72. The van der Waals surface area contributed by atoms with Crippen LogP contribution in [0.25, 0.3) is 5.70 Å². The normalized spacial score (nSPS) is 12.3. The van der Waals surface area contributed by atoms with Crippen molar-refractivity contribution >= 4 is 11.9 Å². The molecule has 0 aromatic carbocycles. The van der Waals surface area contributed by atoms with Crippen molar-refractivity contribution in [2.75, 3.05) is 0 Å². The fourth-order valence-electron chi connectivity index (χ4n) is 0.969. The molecule has 13 heavy (non-hydrogen) atoms. The van der Waals surface area contributed by atoms with Crippen LogP contribution in [0.1, 0.15) is 19.6 Å². The van der Waals surface area contributed by atoms with Gasteiger partial charge < -0.3 is 4.42 Å². The van der Waals surface area contributed by atoms with E-state index in [9.17, 15) is 0 Å². The van der Waals surface area contributed by atoms with Crippen LogP contribution >= 0.6 is 0 Å². The van der Waals surface area contributed by atoms with Gasteiger partial charge in [-0.2, -0.15) is 0 Å². The minimum atomic E-state index is 0.765. The molecule has 68 valence electrons. The molecular weight excluding hydrogens is 162 g/mol. The van der Waals surface area contributed by atoms with Crippen molar-refractivity contribution in [2.24, 2.45) is 4.99 Å². The van der Waals surface area contributed by atoms with Gasteiger partial charge in [0.2, 0.25) is 0 Å². The first-order chi connectivity index (χ1) is 6.24. The Kier molecular flexibility index (Phi) is 3.26. The maximum Gasteiger partial charge on any atom is 0.152 e. The molecule has 0 atom stereocenters. The highest BCUT2D eigenvalue weighted by atomic mass is 16.3. The molecule has 0 N–H and O–H groups in total. The third-order valence-corrected chi connectivity index (χ3v) is 1.42. The molecule has 0 aliphatic rings. The number of allylic oxidation sites excluding steroid dienone is 2. The van der Waals surface area contributed by atoms with Gasteiger partial charge in [0.05, 0.1) is 6.26 Å². The van der Waals surface area contributed by atoms with Crippen LogP contribution in [-0.2, 0) is 0 Å². The van der Waals surface area contributed by atoms with Gasteiger partial charge in [-0.1, -0.05) is 12.2 Å². The number of rotatable bonds is 3. The quantitative estimate of drug-likeness (QED) is 0.511. The number of hydrogen-bond donors (Lipinski definition) is 0. The Labute approximate surface area is 78.3 Å². The van der Waals surface area contributed by atoms with Crippen LogP contribution in [-0.4, -0.2) is 6.21 Å². The third-order valence-electron chi connectivity index (χ3n) is 1.42. The maximum absolute atomic E-state index is 5.23. The zero-order valence-corrected chi connectivity index (χ0v) is 7.95. The minimum absolute atomic E-state index is 0.765. The monoisotopic (exact) mass is 175 g/mol. The average Bonchev–Trinajstić information content (AvgIpc) is 2.54. The fraction of sp³-hybridized carbons (Fsp3) is 0.182. The lowest BCUT2D eigenvalue weighted by Crippen LogP contribution is -1.78. The van der Waals surface area contributed by atoms with Crippen LogP contribution in [0, 0.1) is 0 Å². The van der Waals surface area contributed by atoms with Gasteiger partial charge >= 0.3 is 0 Å². The van der Waals surface area contributed by atoms with Crippen molar-refractivity contribution in [2.45, 2.75) is 13.8 Å². The zero-order valence-electron chi connectivity index (χ0n) is 7.95. The standard InChI is InChI=1S/C11H13NO/c1-4-12-10(8-9(2)3)11-6-5-7-13-11/h4-8H,2H2,1,3H3/b10-8-,12-4?. The molecule has 0 bridgehead atoms. The molecule has 0 spiro atoms. The van der Waals surface area contributed by atoms with Crippen molar-refractivity contribution in [3.63, 3.8) is 0 Å². The lowest BCUT2D eigenvalue weighted by atomic mass is 10.2. The molecular formula is C11H13NO. The molecule has 1 rings (SSSR count). The summed E-state index contributed by atoms with van der Waals surface area (Å²) >= 11 is 0. The van der Waals surface area contributed by atoms with Gasteiger partial charge in [-0.05, 0) is 32.1 Å². The second-order valence-corrected chi connectivity index (χ2v) is 2.74.